The van der Waals surface area contributed by atoms with Gasteiger partial charge >= 0.3 is 0 Å². The van der Waals surface area contributed by atoms with Crippen molar-refractivity contribution in [1.29, 1.82) is 5.26 Å². The van der Waals surface area contributed by atoms with Crippen molar-refractivity contribution in [2.45, 2.75) is 19.0 Å². The van der Waals surface area contributed by atoms with Gasteiger partial charge in [0, 0.05) is 11.3 Å². The molecule has 0 aliphatic carbocycles. The molecule has 0 amide bonds. The molecule has 1 aromatic heterocycles. The highest BCUT2D eigenvalue weighted by Crippen LogP contribution is 2.30. The molecule has 0 aliphatic heterocycles. The molecule has 0 spiro atoms. The van der Waals surface area contributed by atoms with Crippen molar-refractivity contribution in [3.63, 3.8) is 0 Å². The van der Waals surface area contributed by atoms with Crippen molar-refractivity contribution >= 4 is 23.8 Å². The second-order valence-corrected chi connectivity index (χ2v) is 8.25. The molecule has 0 unspecified atom stereocenters. The van der Waals surface area contributed by atoms with Crippen LogP contribution in [0.5, 0.6) is 11.5 Å². The van der Waals surface area contributed by atoms with E-state index in [4.69, 9.17) is 9.47 Å². The number of nitrogens with one attached hydrogen (secondary N) is 1. The monoisotopic (exact) mass is 447 g/mol. The molecule has 164 valence electrons. The molecular formula is C24H25N5O2S. The summed E-state index contributed by atoms with van der Waals surface area (Å²) in [5, 5.41) is 14.8. The molecule has 1 heterocycles. The maximum Gasteiger partial charge on any atom is 0.190 e. The lowest BCUT2D eigenvalue weighted by molar-refractivity contribution is 0.414. The van der Waals surface area contributed by atoms with Gasteiger partial charge in [-0.1, -0.05) is 25.6 Å². The van der Waals surface area contributed by atoms with Gasteiger partial charge in [0.1, 0.15) is 23.1 Å². The maximum absolute atomic E-state index is 9.88. The van der Waals surface area contributed by atoms with E-state index in [1.54, 1.807) is 32.2 Å². The Morgan fingerprint density at radius 1 is 1.03 bits per heavy atom. The summed E-state index contributed by atoms with van der Waals surface area (Å²) in [6.07, 6.45) is 1.66. The number of nitriles is 1. The summed E-state index contributed by atoms with van der Waals surface area (Å²) in [7, 11) is 3.24. The predicted molar refractivity (Wildman–Crippen MR) is 129 cm³/mol. The maximum atomic E-state index is 9.88. The summed E-state index contributed by atoms with van der Waals surface area (Å²) in [5.74, 6) is 3.21. The van der Waals surface area contributed by atoms with E-state index < -0.39 is 0 Å². The number of benzene rings is 2. The number of rotatable bonds is 9. The van der Waals surface area contributed by atoms with Gasteiger partial charge in [-0.25, -0.2) is 9.97 Å². The molecule has 0 saturated carbocycles. The number of hydrogen-bond donors (Lipinski definition) is 1. The fraction of sp³-hybridized carbons (Fsp3) is 0.250. The highest BCUT2D eigenvalue weighted by atomic mass is 32.2. The van der Waals surface area contributed by atoms with Crippen LogP contribution < -0.4 is 14.9 Å². The van der Waals surface area contributed by atoms with E-state index in [-0.39, 0.29) is 0 Å². The first-order valence-corrected chi connectivity index (χ1v) is 11.0. The van der Waals surface area contributed by atoms with Crippen LogP contribution in [0.1, 0.15) is 25.0 Å². The van der Waals surface area contributed by atoms with Gasteiger partial charge in [0.2, 0.25) is 0 Å². The van der Waals surface area contributed by atoms with Gasteiger partial charge in [0.15, 0.2) is 11.0 Å². The van der Waals surface area contributed by atoms with Crippen LogP contribution in [0.15, 0.2) is 58.8 Å². The predicted octanol–water partition coefficient (Wildman–Crippen LogP) is 5.23. The van der Waals surface area contributed by atoms with Crippen molar-refractivity contribution in [2.24, 2.45) is 11.0 Å². The Kier molecular flexibility index (Phi) is 8.06. The Hall–Kier alpha value is -3.57. The summed E-state index contributed by atoms with van der Waals surface area (Å²) < 4.78 is 10.4. The topological polar surface area (TPSA) is 92.4 Å². The van der Waals surface area contributed by atoms with Gasteiger partial charge in [-0.3, -0.25) is 5.43 Å². The molecule has 3 rings (SSSR count). The van der Waals surface area contributed by atoms with Crippen molar-refractivity contribution in [3.8, 4) is 28.8 Å². The van der Waals surface area contributed by atoms with E-state index in [0.717, 1.165) is 28.4 Å². The number of methoxy groups -OCH3 is 2. The van der Waals surface area contributed by atoms with E-state index in [1.165, 1.54) is 0 Å². The summed E-state index contributed by atoms with van der Waals surface area (Å²) >= 11 is 1.55. The summed E-state index contributed by atoms with van der Waals surface area (Å²) in [6.45, 7) is 4.28. The second kappa shape index (κ2) is 11.2. The van der Waals surface area contributed by atoms with E-state index in [0.29, 0.717) is 28.1 Å². The zero-order valence-electron chi connectivity index (χ0n) is 18.5. The summed E-state index contributed by atoms with van der Waals surface area (Å²) in [6, 6.07) is 17.2. The van der Waals surface area contributed by atoms with E-state index >= 15 is 0 Å². The molecule has 7 nitrogen and oxygen atoms in total. The van der Waals surface area contributed by atoms with E-state index in [9.17, 15) is 5.26 Å². The van der Waals surface area contributed by atoms with Gasteiger partial charge in [0.05, 0.1) is 26.1 Å². The third kappa shape index (κ3) is 5.99. The molecule has 1 N–H and O–H groups in total. The molecule has 8 heteroatoms. The molecule has 0 saturated heterocycles. The van der Waals surface area contributed by atoms with Gasteiger partial charge in [-0.05, 0) is 60.0 Å². The number of hydrazone groups is 1. The first-order valence-electron chi connectivity index (χ1n) is 10.1. The minimum absolute atomic E-state index is 0.330. The van der Waals surface area contributed by atoms with Crippen LogP contribution in [0.3, 0.4) is 0 Å². The van der Waals surface area contributed by atoms with Crippen LogP contribution >= 0.6 is 11.8 Å². The van der Waals surface area contributed by atoms with Crippen LogP contribution in [-0.2, 0) is 0 Å². The smallest absolute Gasteiger partial charge is 0.190 e. The number of nitrogens with zero attached hydrogens (tertiary/aromatic N) is 4. The third-order valence-corrected chi connectivity index (χ3v) is 5.68. The average Bonchev–Trinajstić information content (AvgIpc) is 2.83. The molecule has 0 radical (unpaired) electrons. The van der Waals surface area contributed by atoms with E-state index in [1.807, 2.05) is 48.5 Å². The number of anilines is 1. The standard InChI is InChI=1S/C24H25N5O2S/c1-16(2)15-32-24-27-22(18-7-11-20(31-4)12-8-18)21(13-25)23(28-24)29-26-14-17-5-9-19(30-3)10-6-17/h5-12,14,16H,15H2,1-4H3,(H,27,28,29)/b26-14+. The van der Waals surface area contributed by atoms with Crippen LogP contribution in [0.25, 0.3) is 11.3 Å². The highest BCUT2D eigenvalue weighted by Gasteiger charge is 2.17. The minimum Gasteiger partial charge on any atom is -0.497 e. The van der Waals surface area contributed by atoms with Crippen LogP contribution in [-0.4, -0.2) is 36.2 Å². The lowest BCUT2D eigenvalue weighted by Gasteiger charge is -2.12. The first-order chi connectivity index (χ1) is 15.5. The van der Waals surface area contributed by atoms with Crippen molar-refractivity contribution in [1.82, 2.24) is 9.97 Å². The minimum atomic E-state index is 0.330. The van der Waals surface area contributed by atoms with Gasteiger partial charge in [-0.2, -0.15) is 10.4 Å². The number of thioether (sulfide) groups is 1. The summed E-state index contributed by atoms with van der Waals surface area (Å²) in [4.78, 5) is 9.22. The van der Waals surface area contributed by atoms with Gasteiger partial charge < -0.3 is 9.47 Å². The molecule has 0 atom stereocenters. The molecule has 0 bridgehead atoms. The molecule has 32 heavy (non-hydrogen) atoms. The highest BCUT2D eigenvalue weighted by molar-refractivity contribution is 7.99. The molecule has 2 aromatic carbocycles. The molecule has 3 aromatic rings. The average molecular weight is 448 g/mol. The van der Waals surface area contributed by atoms with Crippen molar-refractivity contribution < 1.29 is 9.47 Å². The Balaban J connectivity index is 1.95. The molecular weight excluding hydrogens is 422 g/mol. The number of ether oxygens (including phenoxy) is 2. The third-order valence-electron chi connectivity index (χ3n) is 4.41. The fourth-order valence-corrected chi connectivity index (χ4v) is 3.54. The quantitative estimate of drug-likeness (QED) is 0.208. The van der Waals surface area contributed by atoms with Gasteiger partial charge in [-0.15, -0.1) is 0 Å². The Bertz CT molecular complexity index is 1110. The number of hydrogen-bond acceptors (Lipinski definition) is 8. The zero-order valence-corrected chi connectivity index (χ0v) is 19.3. The van der Waals surface area contributed by atoms with Crippen molar-refractivity contribution in [3.05, 3.63) is 59.7 Å². The van der Waals surface area contributed by atoms with Crippen LogP contribution in [0.4, 0.5) is 5.82 Å². The number of aromatic nitrogens is 2. The first kappa shape index (κ1) is 23.1. The normalized spacial score (nSPS) is 10.9. The Morgan fingerprint density at radius 2 is 1.66 bits per heavy atom. The Morgan fingerprint density at radius 3 is 2.22 bits per heavy atom. The fourth-order valence-electron chi connectivity index (χ4n) is 2.75. The largest absolute Gasteiger partial charge is 0.497 e. The zero-order chi connectivity index (χ0) is 22.9. The summed E-state index contributed by atoms with van der Waals surface area (Å²) in [5.41, 5.74) is 5.50. The SMILES string of the molecule is COc1ccc(/C=N/Nc2nc(SCC(C)C)nc(-c3ccc(OC)cc3)c2C#N)cc1. The Labute approximate surface area is 192 Å². The van der Waals surface area contributed by atoms with Crippen LogP contribution in [0, 0.1) is 17.2 Å². The van der Waals surface area contributed by atoms with Gasteiger partial charge in [0.25, 0.3) is 0 Å². The van der Waals surface area contributed by atoms with Crippen LogP contribution in [0.2, 0.25) is 0 Å². The lowest BCUT2D eigenvalue weighted by Crippen LogP contribution is -2.04. The second-order valence-electron chi connectivity index (χ2n) is 7.27. The molecule has 0 aliphatic rings. The molecule has 0 fully saturated rings. The van der Waals surface area contributed by atoms with E-state index in [2.05, 4.69) is 40.4 Å². The van der Waals surface area contributed by atoms with Crippen molar-refractivity contribution in [2.75, 3.05) is 25.4 Å². The lowest BCUT2D eigenvalue weighted by atomic mass is 10.1.